The molecule has 0 saturated carbocycles. The summed E-state index contributed by atoms with van der Waals surface area (Å²) < 4.78 is 5.45. The highest BCUT2D eigenvalue weighted by atomic mass is 16.5. The molecule has 3 nitrogen and oxygen atoms in total. The van der Waals surface area contributed by atoms with Crippen molar-refractivity contribution >= 4 is 0 Å². The van der Waals surface area contributed by atoms with Crippen molar-refractivity contribution < 1.29 is 4.74 Å². The Morgan fingerprint density at radius 3 is 2.65 bits per heavy atom. The van der Waals surface area contributed by atoms with E-state index >= 15 is 0 Å². The molecule has 0 unspecified atom stereocenters. The van der Waals surface area contributed by atoms with E-state index < -0.39 is 0 Å². The number of methoxy groups -OCH3 is 1. The number of hydrogen-bond donors (Lipinski definition) is 1. The second-order valence-electron chi connectivity index (χ2n) is 4.69. The first-order chi connectivity index (χ1) is 8.33. The summed E-state index contributed by atoms with van der Waals surface area (Å²) in [6.07, 6.45) is 4.02. The molecule has 2 rings (SSSR count). The first-order valence-electron chi connectivity index (χ1n) is 6.41. The second-order valence-corrected chi connectivity index (χ2v) is 4.69. The predicted molar refractivity (Wildman–Crippen MR) is 70.0 cm³/mol. The molecule has 1 saturated heterocycles. The van der Waals surface area contributed by atoms with E-state index in [2.05, 4.69) is 23.1 Å². The van der Waals surface area contributed by atoms with Crippen molar-refractivity contribution in [3.63, 3.8) is 0 Å². The quantitative estimate of drug-likeness (QED) is 0.867. The van der Waals surface area contributed by atoms with Gasteiger partial charge < -0.3 is 10.5 Å². The van der Waals surface area contributed by atoms with Gasteiger partial charge in [0.15, 0.2) is 0 Å². The number of rotatable bonds is 4. The summed E-state index contributed by atoms with van der Waals surface area (Å²) in [6, 6.07) is 6.30. The molecule has 17 heavy (non-hydrogen) atoms. The molecule has 0 spiro atoms. The Labute approximate surface area is 104 Å². The molecule has 0 aliphatic carbocycles. The smallest absolute Gasteiger partial charge is 0.123 e. The van der Waals surface area contributed by atoms with Gasteiger partial charge in [0, 0.05) is 18.7 Å². The second kappa shape index (κ2) is 6.03. The van der Waals surface area contributed by atoms with E-state index in [0.717, 1.165) is 17.9 Å². The molecular weight excluding hydrogens is 212 g/mol. The zero-order chi connectivity index (χ0) is 12.1. The summed E-state index contributed by atoms with van der Waals surface area (Å²) in [6.45, 7) is 3.98. The lowest BCUT2D eigenvalue weighted by Crippen LogP contribution is -2.29. The molecule has 0 amide bonds. The van der Waals surface area contributed by atoms with Gasteiger partial charge in [0.2, 0.25) is 0 Å². The summed E-state index contributed by atoms with van der Waals surface area (Å²) in [5.41, 5.74) is 8.04. The Morgan fingerprint density at radius 1 is 1.24 bits per heavy atom. The summed E-state index contributed by atoms with van der Waals surface area (Å²) in [7, 11) is 1.73. The van der Waals surface area contributed by atoms with Crippen molar-refractivity contribution in [3.8, 4) is 5.75 Å². The topological polar surface area (TPSA) is 38.5 Å². The van der Waals surface area contributed by atoms with Gasteiger partial charge in [-0.05, 0) is 37.6 Å². The maximum atomic E-state index is 5.64. The Hall–Kier alpha value is -1.06. The van der Waals surface area contributed by atoms with Crippen molar-refractivity contribution in [2.45, 2.75) is 32.4 Å². The molecule has 0 bridgehead atoms. The average Bonchev–Trinajstić information content (AvgIpc) is 2.40. The number of benzene rings is 1. The number of nitrogens with zero attached hydrogens (tertiary/aromatic N) is 1. The van der Waals surface area contributed by atoms with Crippen LogP contribution in [0.3, 0.4) is 0 Å². The van der Waals surface area contributed by atoms with Crippen LogP contribution < -0.4 is 10.5 Å². The highest BCUT2D eigenvalue weighted by Crippen LogP contribution is 2.23. The molecule has 1 aliphatic heterocycles. The summed E-state index contributed by atoms with van der Waals surface area (Å²) >= 11 is 0. The molecule has 1 aliphatic rings. The molecular formula is C14H22N2O. The minimum Gasteiger partial charge on any atom is -0.496 e. The monoisotopic (exact) mass is 234 g/mol. The van der Waals surface area contributed by atoms with Crippen LogP contribution in [0, 0.1) is 0 Å². The fourth-order valence-electron chi connectivity index (χ4n) is 2.40. The minimum atomic E-state index is 0.570. The maximum Gasteiger partial charge on any atom is 0.123 e. The van der Waals surface area contributed by atoms with Gasteiger partial charge >= 0.3 is 0 Å². The molecule has 3 heteroatoms. The largest absolute Gasteiger partial charge is 0.496 e. The number of likely N-dealkylation sites (tertiary alicyclic amines) is 1. The van der Waals surface area contributed by atoms with Gasteiger partial charge in [-0.1, -0.05) is 18.6 Å². The maximum absolute atomic E-state index is 5.64. The van der Waals surface area contributed by atoms with E-state index in [-0.39, 0.29) is 0 Å². The van der Waals surface area contributed by atoms with Gasteiger partial charge in [0.1, 0.15) is 5.75 Å². The van der Waals surface area contributed by atoms with Crippen LogP contribution in [0.25, 0.3) is 0 Å². The van der Waals surface area contributed by atoms with E-state index in [0.29, 0.717) is 6.54 Å². The van der Waals surface area contributed by atoms with Crippen LogP contribution in [0.2, 0.25) is 0 Å². The zero-order valence-electron chi connectivity index (χ0n) is 10.6. The number of ether oxygens (including phenoxy) is 1. The van der Waals surface area contributed by atoms with Crippen LogP contribution in [0.15, 0.2) is 18.2 Å². The summed E-state index contributed by atoms with van der Waals surface area (Å²) in [5, 5.41) is 0. The fraction of sp³-hybridized carbons (Fsp3) is 0.571. The standard InChI is InChI=1S/C14H22N2O/c1-17-14-9-12(10-15)5-6-13(14)11-16-7-3-2-4-8-16/h5-6,9H,2-4,7-8,10-11,15H2,1H3. The molecule has 1 aromatic rings. The number of nitrogens with two attached hydrogens (primary N) is 1. The summed E-state index contributed by atoms with van der Waals surface area (Å²) in [4.78, 5) is 2.50. The third kappa shape index (κ3) is 3.20. The SMILES string of the molecule is COc1cc(CN)ccc1CN1CCCCC1. The van der Waals surface area contributed by atoms with Crippen LogP contribution in [0.4, 0.5) is 0 Å². The van der Waals surface area contributed by atoms with E-state index in [4.69, 9.17) is 10.5 Å². The van der Waals surface area contributed by atoms with Crippen molar-refractivity contribution in [2.24, 2.45) is 5.73 Å². The van der Waals surface area contributed by atoms with E-state index in [1.807, 2.05) is 0 Å². The Morgan fingerprint density at radius 2 is 2.00 bits per heavy atom. The van der Waals surface area contributed by atoms with E-state index in [1.54, 1.807) is 7.11 Å². The van der Waals surface area contributed by atoms with Gasteiger partial charge in [-0.2, -0.15) is 0 Å². The minimum absolute atomic E-state index is 0.570. The Balaban J connectivity index is 2.08. The van der Waals surface area contributed by atoms with Gasteiger partial charge in [-0.25, -0.2) is 0 Å². The third-order valence-electron chi connectivity index (χ3n) is 3.43. The lowest BCUT2D eigenvalue weighted by molar-refractivity contribution is 0.218. The van der Waals surface area contributed by atoms with Gasteiger partial charge in [-0.3, -0.25) is 4.90 Å². The fourth-order valence-corrected chi connectivity index (χ4v) is 2.40. The molecule has 0 atom stereocenters. The van der Waals surface area contributed by atoms with E-state index in [9.17, 15) is 0 Å². The van der Waals surface area contributed by atoms with Crippen LogP contribution in [-0.4, -0.2) is 25.1 Å². The summed E-state index contributed by atoms with van der Waals surface area (Å²) in [5.74, 6) is 0.971. The Bertz CT molecular complexity index is 359. The number of hydrogen-bond acceptors (Lipinski definition) is 3. The van der Waals surface area contributed by atoms with Crippen LogP contribution >= 0.6 is 0 Å². The normalized spacial score (nSPS) is 17.1. The van der Waals surface area contributed by atoms with Gasteiger partial charge in [-0.15, -0.1) is 0 Å². The van der Waals surface area contributed by atoms with Crippen molar-refractivity contribution in [2.75, 3.05) is 20.2 Å². The number of piperidine rings is 1. The first-order valence-corrected chi connectivity index (χ1v) is 6.41. The zero-order valence-corrected chi connectivity index (χ0v) is 10.6. The van der Waals surface area contributed by atoms with Crippen LogP contribution in [0.1, 0.15) is 30.4 Å². The molecule has 1 heterocycles. The van der Waals surface area contributed by atoms with Crippen LogP contribution in [-0.2, 0) is 13.1 Å². The highest BCUT2D eigenvalue weighted by Gasteiger charge is 2.13. The molecule has 0 aromatic heterocycles. The van der Waals surface area contributed by atoms with Crippen molar-refractivity contribution in [1.82, 2.24) is 4.90 Å². The third-order valence-corrected chi connectivity index (χ3v) is 3.43. The van der Waals surface area contributed by atoms with Gasteiger partial charge in [0.25, 0.3) is 0 Å². The first kappa shape index (κ1) is 12.4. The molecule has 94 valence electrons. The van der Waals surface area contributed by atoms with Crippen molar-refractivity contribution in [3.05, 3.63) is 29.3 Å². The lowest BCUT2D eigenvalue weighted by atomic mass is 10.1. The average molecular weight is 234 g/mol. The molecule has 0 radical (unpaired) electrons. The highest BCUT2D eigenvalue weighted by molar-refractivity contribution is 5.37. The lowest BCUT2D eigenvalue weighted by Gasteiger charge is -2.27. The molecule has 1 aromatic carbocycles. The molecule has 2 N–H and O–H groups in total. The van der Waals surface area contributed by atoms with E-state index in [1.165, 1.54) is 37.9 Å². The Kier molecular flexibility index (Phi) is 4.40. The van der Waals surface area contributed by atoms with Gasteiger partial charge in [0.05, 0.1) is 7.11 Å². The predicted octanol–water partition coefficient (Wildman–Crippen LogP) is 2.14. The van der Waals surface area contributed by atoms with Crippen molar-refractivity contribution in [1.29, 1.82) is 0 Å². The molecule has 1 fully saturated rings. The van der Waals surface area contributed by atoms with Crippen LogP contribution in [0.5, 0.6) is 5.75 Å².